The summed E-state index contributed by atoms with van der Waals surface area (Å²) in [6.45, 7) is 0.805. The van der Waals surface area contributed by atoms with Gasteiger partial charge in [0.25, 0.3) is 0 Å². The minimum Gasteiger partial charge on any atom is -0.324 e. The molecule has 2 aromatic carbocycles. The van der Waals surface area contributed by atoms with Crippen LogP contribution in [0.1, 0.15) is 17.2 Å². The van der Waals surface area contributed by atoms with E-state index in [0.29, 0.717) is 5.02 Å². The first-order valence-electron chi connectivity index (χ1n) is 6.72. The number of amides is 1. The second-order valence-electron chi connectivity index (χ2n) is 4.95. The van der Waals surface area contributed by atoms with Crippen LogP contribution in [0, 0.1) is 0 Å². The van der Waals surface area contributed by atoms with Gasteiger partial charge in [-0.15, -0.1) is 0 Å². The molecule has 1 atom stereocenters. The monoisotopic (exact) mass is 364 g/mol. The SMILES string of the molecule is O=C(Nc1ccc(Cl)c(Br)c1)C1NCCc2ccccc21. The van der Waals surface area contributed by atoms with E-state index in [4.69, 9.17) is 11.6 Å². The highest BCUT2D eigenvalue weighted by molar-refractivity contribution is 9.10. The highest BCUT2D eigenvalue weighted by Gasteiger charge is 2.25. The quantitative estimate of drug-likeness (QED) is 0.846. The van der Waals surface area contributed by atoms with Gasteiger partial charge < -0.3 is 10.6 Å². The number of anilines is 1. The predicted octanol–water partition coefficient (Wildman–Crippen LogP) is 3.93. The van der Waals surface area contributed by atoms with E-state index in [-0.39, 0.29) is 11.9 Å². The lowest BCUT2D eigenvalue weighted by Gasteiger charge is -2.26. The number of hydrogen-bond donors (Lipinski definition) is 2. The molecule has 1 aliphatic heterocycles. The van der Waals surface area contributed by atoms with E-state index in [1.165, 1.54) is 5.56 Å². The molecule has 1 aliphatic rings. The van der Waals surface area contributed by atoms with Crippen LogP contribution in [0.2, 0.25) is 5.02 Å². The first kappa shape index (κ1) is 14.6. The van der Waals surface area contributed by atoms with Crippen molar-refractivity contribution in [2.75, 3.05) is 11.9 Å². The standard InChI is InChI=1S/C16H14BrClN2O/c17-13-9-11(5-6-14(13)18)20-16(21)15-12-4-2-1-3-10(12)7-8-19-15/h1-6,9,15,19H,7-8H2,(H,20,21). The zero-order valence-corrected chi connectivity index (χ0v) is 13.5. The van der Waals surface area contributed by atoms with E-state index < -0.39 is 0 Å². The van der Waals surface area contributed by atoms with Gasteiger partial charge in [-0.05, 0) is 51.7 Å². The molecule has 0 aromatic heterocycles. The fraction of sp³-hybridized carbons (Fsp3) is 0.188. The second kappa shape index (κ2) is 6.18. The molecule has 5 heteroatoms. The van der Waals surface area contributed by atoms with Gasteiger partial charge in [-0.25, -0.2) is 0 Å². The Balaban J connectivity index is 1.81. The third-order valence-electron chi connectivity index (χ3n) is 3.56. The molecule has 0 bridgehead atoms. The third-order valence-corrected chi connectivity index (χ3v) is 4.77. The topological polar surface area (TPSA) is 41.1 Å². The van der Waals surface area contributed by atoms with Gasteiger partial charge in [-0.1, -0.05) is 35.9 Å². The largest absolute Gasteiger partial charge is 0.324 e. The highest BCUT2D eigenvalue weighted by Crippen LogP contribution is 2.27. The maximum absolute atomic E-state index is 12.5. The van der Waals surface area contributed by atoms with Gasteiger partial charge in [-0.2, -0.15) is 0 Å². The smallest absolute Gasteiger partial charge is 0.246 e. The Morgan fingerprint density at radius 3 is 2.90 bits per heavy atom. The molecule has 0 saturated heterocycles. The molecule has 0 saturated carbocycles. The van der Waals surface area contributed by atoms with Gasteiger partial charge in [0.2, 0.25) is 5.91 Å². The molecule has 3 rings (SSSR count). The van der Waals surface area contributed by atoms with Crippen molar-refractivity contribution in [1.29, 1.82) is 0 Å². The van der Waals surface area contributed by atoms with Gasteiger partial charge in [0, 0.05) is 16.7 Å². The Labute approximate surface area is 136 Å². The van der Waals surface area contributed by atoms with Crippen molar-refractivity contribution < 1.29 is 4.79 Å². The summed E-state index contributed by atoms with van der Waals surface area (Å²) in [5.74, 6) is -0.0589. The number of carbonyl (C=O) groups excluding carboxylic acids is 1. The van der Waals surface area contributed by atoms with Crippen LogP contribution < -0.4 is 10.6 Å². The Kier molecular flexibility index (Phi) is 4.29. The van der Waals surface area contributed by atoms with Crippen molar-refractivity contribution in [2.45, 2.75) is 12.5 Å². The fourth-order valence-electron chi connectivity index (χ4n) is 2.53. The summed E-state index contributed by atoms with van der Waals surface area (Å²) >= 11 is 9.32. The van der Waals surface area contributed by atoms with Gasteiger partial charge in [0.15, 0.2) is 0 Å². The molecule has 1 heterocycles. The van der Waals surface area contributed by atoms with Gasteiger partial charge in [0.05, 0.1) is 5.02 Å². The minimum atomic E-state index is -0.315. The lowest BCUT2D eigenvalue weighted by Crippen LogP contribution is -2.38. The lowest BCUT2D eigenvalue weighted by molar-refractivity contribution is -0.118. The van der Waals surface area contributed by atoms with Crippen LogP contribution in [0.15, 0.2) is 46.9 Å². The summed E-state index contributed by atoms with van der Waals surface area (Å²) in [4.78, 5) is 12.5. The van der Waals surface area contributed by atoms with Crippen molar-refractivity contribution in [3.05, 3.63) is 63.1 Å². The van der Waals surface area contributed by atoms with Crippen molar-refractivity contribution in [2.24, 2.45) is 0 Å². The van der Waals surface area contributed by atoms with E-state index >= 15 is 0 Å². The molecule has 108 valence electrons. The predicted molar refractivity (Wildman–Crippen MR) is 88.7 cm³/mol. The molecule has 0 radical (unpaired) electrons. The van der Waals surface area contributed by atoms with E-state index in [0.717, 1.165) is 28.7 Å². The second-order valence-corrected chi connectivity index (χ2v) is 6.22. The molecule has 1 amide bonds. The van der Waals surface area contributed by atoms with Gasteiger partial charge in [0.1, 0.15) is 6.04 Å². The first-order chi connectivity index (χ1) is 10.1. The number of halogens is 2. The van der Waals surface area contributed by atoms with Crippen molar-refractivity contribution in [3.63, 3.8) is 0 Å². The molecule has 1 unspecified atom stereocenters. The summed E-state index contributed by atoms with van der Waals surface area (Å²) in [6, 6.07) is 13.1. The van der Waals surface area contributed by atoms with Gasteiger partial charge in [-0.3, -0.25) is 4.79 Å². The number of fused-ring (bicyclic) bond motifs is 1. The Morgan fingerprint density at radius 2 is 2.10 bits per heavy atom. The number of hydrogen-bond acceptors (Lipinski definition) is 2. The number of rotatable bonds is 2. The molecule has 2 aromatic rings. The summed E-state index contributed by atoms with van der Waals surface area (Å²) in [5.41, 5.74) is 3.00. The third kappa shape index (κ3) is 3.12. The highest BCUT2D eigenvalue weighted by atomic mass is 79.9. The number of carbonyl (C=O) groups is 1. The van der Waals surface area contributed by atoms with E-state index in [1.807, 2.05) is 18.2 Å². The maximum Gasteiger partial charge on any atom is 0.246 e. The van der Waals surface area contributed by atoms with Gasteiger partial charge >= 0.3 is 0 Å². The molecular weight excluding hydrogens is 352 g/mol. The van der Waals surface area contributed by atoms with Crippen molar-refractivity contribution >= 4 is 39.1 Å². The van der Waals surface area contributed by atoms with E-state index in [9.17, 15) is 4.79 Å². The van der Waals surface area contributed by atoms with Crippen LogP contribution in [0.3, 0.4) is 0 Å². The van der Waals surface area contributed by atoms with E-state index in [1.54, 1.807) is 18.2 Å². The molecule has 0 aliphatic carbocycles. The van der Waals surface area contributed by atoms with Crippen LogP contribution in [-0.4, -0.2) is 12.5 Å². The van der Waals surface area contributed by atoms with Crippen LogP contribution in [0.25, 0.3) is 0 Å². The van der Waals surface area contributed by atoms with Crippen molar-refractivity contribution in [3.8, 4) is 0 Å². The summed E-state index contributed by atoms with van der Waals surface area (Å²) in [5, 5.41) is 6.82. The fourth-order valence-corrected chi connectivity index (χ4v) is 3.02. The maximum atomic E-state index is 12.5. The Morgan fingerprint density at radius 1 is 1.29 bits per heavy atom. The zero-order chi connectivity index (χ0) is 14.8. The summed E-state index contributed by atoms with van der Waals surface area (Å²) in [6.07, 6.45) is 0.951. The molecule has 21 heavy (non-hydrogen) atoms. The van der Waals surface area contributed by atoms with E-state index in [2.05, 4.69) is 32.6 Å². The number of nitrogens with one attached hydrogen (secondary N) is 2. The Bertz CT molecular complexity index is 690. The van der Waals surface area contributed by atoms with Crippen LogP contribution in [0.4, 0.5) is 5.69 Å². The number of benzene rings is 2. The first-order valence-corrected chi connectivity index (χ1v) is 7.89. The average Bonchev–Trinajstić information content (AvgIpc) is 2.50. The molecular formula is C16H14BrClN2O. The van der Waals surface area contributed by atoms with Crippen LogP contribution >= 0.6 is 27.5 Å². The van der Waals surface area contributed by atoms with Crippen LogP contribution in [-0.2, 0) is 11.2 Å². The molecule has 0 spiro atoms. The lowest BCUT2D eigenvalue weighted by atomic mass is 9.94. The normalized spacial score (nSPS) is 17.1. The molecule has 3 nitrogen and oxygen atoms in total. The summed E-state index contributed by atoms with van der Waals surface area (Å²) < 4.78 is 0.763. The van der Waals surface area contributed by atoms with Crippen molar-refractivity contribution in [1.82, 2.24) is 5.32 Å². The minimum absolute atomic E-state index is 0.0589. The Hall–Kier alpha value is -1.36. The molecule has 0 fully saturated rings. The summed E-state index contributed by atoms with van der Waals surface area (Å²) in [7, 11) is 0. The zero-order valence-electron chi connectivity index (χ0n) is 11.2. The molecule has 2 N–H and O–H groups in total. The average molecular weight is 366 g/mol. The van der Waals surface area contributed by atoms with Crippen LogP contribution in [0.5, 0.6) is 0 Å².